The van der Waals surface area contributed by atoms with Gasteiger partial charge in [-0.15, -0.1) is 0 Å². The normalized spacial score (nSPS) is 10.8. The molecule has 0 aliphatic carbocycles. The Morgan fingerprint density at radius 3 is 2.60 bits per heavy atom. The van der Waals surface area contributed by atoms with Crippen molar-refractivity contribution in [2.24, 2.45) is 0 Å². The molecule has 2 heterocycles. The number of nitrogens with zero attached hydrogens (tertiary/aromatic N) is 5. The number of carbonyl (C=O) groups is 1. The quantitative estimate of drug-likeness (QED) is 0.650. The van der Waals surface area contributed by atoms with E-state index in [-0.39, 0.29) is 12.3 Å². The van der Waals surface area contributed by atoms with Crippen LogP contribution in [0.2, 0.25) is 0 Å². The number of amides is 1. The van der Waals surface area contributed by atoms with Crippen LogP contribution in [0.3, 0.4) is 0 Å². The first-order valence-corrected chi connectivity index (χ1v) is 8.10. The summed E-state index contributed by atoms with van der Waals surface area (Å²) in [6.07, 6.45) is 0.668. The van der Waals surface area contributed by atoms with Crippen molar-refractivity contribution in [3.8, 4) is 11.4 Å². The third-order valence-corrected chi connectivity index (χ3v) is 3.69. The maximum atomic E-state index is 12.4. The third kappa shape index (κ3) is 4.28. The zero-order chi connectivity index (χ0) is 17.6. The number of benzene rings is 1. The average molecular weight is 341 g/mol. The van der Waals surface area contributed by atoms with Gasteiger partial charge in [0.05, 0.1) is 6.54 Å². The fourth-order valence-corrected chi connectivity index (χ4v) is 2.39. The molecule has 0 fully saturated rings. The lowest BCUT2D eigenvalue weighted by Gasteiger charge is -2.18. The molecule has 1 aromatic carbocycles. The van der Waals surface area contributed by atoms with E-state index in [9.17, 15) is 4.79 Å². The van der Waals surface area contributed by atoms with Crippen LogP contribution < -0.4 is 0 Å². The van der Waals surface area contributed by atoms with E-state index in [1.54, 1.807) is 11.8 Å². The Morgan fingerprint density at radius 2 is 1.92 bits per heavy atom. The van der Waals surface area contributed by atoms with Crippen LogP contribution in [0, 0.1) is 6.92 Å². The molecule has 3 aromatic rings. The van der Waals surface area contributed by atoms with Gasteiger partial charge in [-0.25, -0.2) is 0 Å². The fraction of sp³-hybridized carbons (Fsp3) is 0.353. The lowest BCUT2D eigenvalue weighted by Crippen LogP contribution is -2.30. The first-order valence-electron chi connectivity index (χ1n) is 8.10. The lowest BCUT2D eigenvalue weighted by molar-refractivity contribution is -0.131. The van der Waals surface area contributed by atoms with Crippen molar-refractivity contribution >= 4 is 5.91 Å². The molecule has 1 amide bonds. The van der Waals surface area contributed by atoms with Crippen LogP contribution in [0.15, 0.2) is 39.4 Å². The van der Waals surface area contributed by atoms with E-state index in [1.165, 1.54) is 0 Å². The zero-order valence-corrected chi connectivity index (χ0v) is 14.2. The minimum absolute atomic E-state index is 0.0237. The second-order valence-electron chi connectivity index (χ2n) is 5.52. The van der Waals surface area contributed by atoms with Crippen molar-refractivity contribution in [1.29, 1.82) is 0 Å². The third-order valence-electron chi connectivity index (χ3n) is 3.69. The lowest BCUT2D eigenvalue weighted by atomic mass is 10.2. The SMILES string of the molecule is CCN(Cc1noc(C)n1)C(=O)CCc1nc(-c2ccccc2)no1. The van der Waals surface area contributed by atoms with Crippen molar-refractivity contribution in [1.82, 2.24) is 25.2 Å². The summed E-state index contributed by atoms with van der Waals surface area (Å²) in [5.41, 5.74) is 0.881. The molecule has 130 valence electrons. The molecule has 0 radical (unpaired) electrons. The monoisotopic (exact) mass is 341 g/mol. The van der Waals surface area contributed by atoms with Crippen LogP contribution in [0.1, 0.15) is 31.0 Å². The van der Waals surface area contributed by atoms with Gasteiger partial charge >= 0.3 is 0 Å². The molecule has 25 heavy (non-hydrogen) atoms. The van der Waals surface area contributed by atoms with Gasteiger partial charge in [0.1, 0.15) is 0 Å². The molecule has 0 saturated heterocycles. The van der Waals surface area contributed by atoms with Gasteiger partial charge in [0.15, 0.2) is 5.82 Å². The van der Waals surface area contributed by atoms with Crippen molar-refractivity contribution in [2.45, 2.75) is 33.2 Å². The molecule has 3 rings (SSSR count). The van der Waals surface area contributed by atoms with Gasteiger partial charge < -0.3 is 13.9 Å². The Labute approximate surface area is 144 Å². The predicted molar refractivity (Wildman–Crippen MR) is 88.2 cm³/mol. The van der Waals surface area contributed by atoms with E-state index in [0.717, 1.165) is 5.56 Å². The summed E-state index contributed by atoms with van der Waals surface area (Å²) in [6, 6.07) is 9.56. The molecule has 0 atom stereocenters. The van der Waals surface area contributed by atoms with E-state index < -0.39 is 0 Å². The van der Waals surface area contributed by atoms with E-state index >= 15 is 0 Å². The highest BCUT2D eigenvalue weighted by molar-refractivity contribution is 5.76. The van der Waals surface area contributed by atoms with Crippen LogP contribution >= 0.6 is 0 Å². The van der Waals surface area contributed by atoms with E-state index in [1.807, 2.05) is 37.3 Å². The number of hydrogen-bond donors (Lipinski definition) is 0. The number of aromatic nitrogens is 4. The fourth-order valence-electron chi connectivity index (χ4n) is 2.39. The first kappa shape index (κ1) is 16.8. The summed E-state index contributed by atoms with van der Waals surface area (Å²) in [5, 5.41) is 7.78. The minimum atomic E-state index is -0.0237. The Balaban J connectivity index is 1.57. The maximum Gasteiger partial charge on any atom is 0.227 e. The summed E-state index contributed by atoms with van der Waals surface area (Å²) in [4.78, 5) is 22.5. The van der Waals surface area contributed by atoms with Gasteiger partial charge in [0.25, 0.3) is 0 Å². The highest BCUT2D eigenvalue weighted by Crippen LogP contribution is 2.15. The van der Waals surface area contributed by atoms with Crippen molar-refractivity contribution in [2.75, 3.05) is 6.54 Å². The highest BCUT2D eigenvalue weighted by Gasteiger charge is 2.17. The number of aryl methyl sites for hydroxylation is 2. The second-order valence-corrected chi connectivity index (χ2v) is 5.52. The van der Waals surface area contributed by atoms with Gasteiger partial charge in [-0.05, 0) is 6.92 Å². The molecular formula is C17H19N5O3. The topological polar surface area (TPSA) is 98.2 Å². The summed E-state index contributed by atoms with van der Waals surface area (Å²) in [7, 11) is 0. The number of rotatable bonds is 7. The Hall–Kier alpha value is -3.03. The standard InChI is InChI=1S/C17H19N5O3/c1-3-22(11-14-18-12(2)24-20-14)16(23)10-9-15-19-17(21-25-15)13-7-5-4-6-8-13/h4-8H,3,9-11H2,1-2H3. The van der Waals surface area contributed by atoms with E-state index in [2.05, 4.69) is 20.3 Å². The molecular weight excluding hydrogens is 322 g/mol. The Bertz CT molecular complexity index is 828. The molecule has 8 heteroatoms. The van der Waals surface area contributed by atoms with Gasteiger partial charge in [-0.2, -0.15) is 9.97 Å². The van der Waals surface area contributed by atoms with Gasteiger partial charge in [-0.3, -0.25) is 4.79 Å². The number of hydrogen-bond acceptors (Lipinski definition) is 7. The zero-order valence-electron chi connectivity index (χ0n) is 14.2. The van der Waals surface area contributed by atoms with E-state index in [0.29, 0.717) is 42.9 Å². The predicted octanol–water partition coefficient (Wildman–Crippen LogP) is 2.41. The van der Waals surface area contributed by atoms with Gasteiger partial charge in [0.2, 0.25) is 23.5 Å². The summed E-state index contributed by atoms with van der Waals surface area (Å²) in [6.45, 7) is 4.51. The second kappa shape index (κ2) is 7.69. The van der Waals surface area contributed by atoms with Crippen LogP contribution in [-0.4, -0.2) is 37.6 Å². The molecule has 2 aromatic heterocycles. The highest BCUT2D eigenvalue weighted by atomic mass is 16.5. The molecule has 8 nitrogen and oxygen atoms in total. The number of carbonyl (C=O) groups excluding carboxylic acids is 1. The van der Waals surface area contributed by atoms with Crippen LogP contribution in [0.5, 0.6) is 0 Å². The van der Waals surface area contributed by atoms with Gasteiger partial charge in [-0.1, -0.05) is 40.6 Å². The first-order chi connectivity index (χ1) is 12.2. The molecule has 0 saturated carbocycles. The summed E-state index contributed by atoms with van der Waals surface area (Å²) in [5.74, 6) is 1.93. The smallest absolute Gasteiger partial charge is 0.227 e. The molecule has 0 bridgehead atoms. The summed E-state index contributed by atoms with van der Waals surface area (Å²) >= 11 is 0. The molecule has 0 unspecified atom stereocenters. The van der Waals surface area contributed by atoms with Crippen molar-refractivity contribution < 1.29 is 13.8 Å². The Kier molecular flexibility index (Phi) is 5.17. The average Bonchev–Trinajstić information content (AvgIpc) is 3.27. The molecule has 0 aliphatic heterocycles. The van der Waals surface area contributed by atoms with Crippen molar-refractivity contribution in [3.05, 3.63) is 47.9 Å². The molecule has 0 aliphatic rings. The molecule has 0 spiro atoms. The molecule has 0 N–H and O–H groups in total. The van der Waals surface area contributed by atoms with E-state index in [4.69, 9.17) is 9.05 Å². The van der Waals surface area contributed by atoms with Crippen LogP contribution in [-0.2, 0) is 17.8 Å². The van der Waals surface area contributed by atoms with Crippen LogP contribution in [0.25, 0.3) is 11.4 Å². The minimum Gasteiger partial charge on any atom is -0.340 e. The summed E-state index contributed by atoms with van der Waals surface area (Å²) < 4.78 is 10.2. The maximum absolute atomic E-state index is 12.4. The van der Waals surface area contributed by atoms with Crippen molar-refractivity contribution in [3.63, 3.8) is 0 Å². The van der Waals surface area contributed by atoms with Gasteiger partial charge in [0, 0.05) is 31.9 Å². The Morgan fingerprint density at radius 1 is 1.12 bits per heavy atom. The van der Waals surface area contributed by atoms with Crippen LogP contribution in [0.4, 0.5) is 0 Å². The largest absolute Gasteiger partial charge is 0.340 e.